The quantitative estimate of drug-likeness (QED) is 0.242. The monoisotopic (exact) mass is 558 g/mol. The number of carbonyl (C=O) groups is 4. The van der Waals surface area contributed by atoms with Crippen molar-refractivity contribution in [2.45, 2.75) is 58.2 Å². The molecule has 0 fully saturated rings. The molecule has 216 valence electrons. The normalized spacial score (nSPS) is 13.0. The number of ether oxygens (including phenoxy) is 1. The van der Waals surface area contributed by atoms with Crippen LogP contribution in [0.25, 0.3) is 0 Å². The molecule has 0 aromatic heterocycles. The SMILES string of the molecule is CC(C)C[C@H](NC(=O)[C@@H](CC(=O)[C@H](Cc1ccccc1)NC(=O)OCc1ccccc1)Cc1ccccc1)C(=O)O. The molecule has 0 unspecified atom stereocenters. The lowest BCUT2D eigenvalue weighted by Crippen LogP contribution is -2.47. The Hall–Kier alpha value is -4.46. The lowest BCUT2D eigenvalue weighted by molar-refractivity contribution is -0.143. The summed E-state index contributed by atoms with van der Waals surface area (Å²) in [6, 6.07) is 25.7. The van der Waals surface area contributed by atoms with E-state index in [-0.39, 0.29) is 44.0 Å². The van der Waals surface area contributed by atoms with Gasteiger partial charge in [-0.25, -0.2) is 9.59 Å². The van der Waals surface area contributed by atoms with Gasteiger partial charge in [0.25, 0.3) is 0 Å². The summed E-state index contributed by atoms with van der Waals surface area (Å²) < 4.78 is 5.36. The van der Waals surface area contributed by atoms with Crippen molar-refractivity contribution in [2.75, 3.05) is 0 Å². The molecule has 0 saturated carbocycles. The van der Waals surface area contributed by atoms with Crippen LogP contribution in [0.1, 0.15) is 43.4 Å². The lowest BCUT2D eigenvalue weighted by Gasteiger charge is -2.24. The summed E-state index contributed by atoms with van der Waals surface area (Å²) in [6.45, 7) is 3.80. The van der Waals surface area contributed by atoms with E-state index in [0.717, 1.165) is 16.7 Å². The van der Waals surface area contributed by atoms with Crippen LogP contribution in [0, 0.1) is 11.8 Å². The van der Waals surface area contributed by atoms with Crippen molar-refractivity contribution >= 4 is 23.8 Å². The van der Waals surface area contributed by atoms with E-state index in [9.17, 15) is 24.3 Å². The van der Waals surface area contributed by atoms with Crippen molar-refractivity contribution in [3.8, 4) is 0 Å². The number of ketones is 1. The molecular weight excluding hydrogens is 520 g/mol. The summed E-state index contributed by atoms with van der Waals surface area (Å²) in [5, 5.41) is 15.0. The summed E-state index contributed by atoms with van der Waals surface area (Å²) in [5.41, 5.74) is 2.48. The van der Waals surface area contributed by atoms with Gasteiger partial charge in [0.2, 0.25) is 5.91 Å². The fourth-order valence-corrected chi connectivity index (χ4v) is 4.53. The fourth-order valence-electron chi connectivity index (χ4n) is 4.53. The number of Topliss-reactive ketones (excluding diaryl/α,β-unsaturated/α-hetero) is 1. The van der Waals surface area contributed by atoms with Gasteiger partial charge < -0.3 is 20.5 Å². The number of carboxylic acid groups (broad SMARTS) is 1. The van der Waals surface area contributed by atoms with Crippen LogP contribution in [0.4, 0.5) is 4.79 Å². The van der Waals surface area contributed by atoms with Crippen LogP contribution < -0.4 is 10.6 Å². The zero-order valence-electron chi connectivity index (χ0n) is 23.5. The Kier molecular flexibility index (Phi) is 12.1. The highest BCUT2D eigenvalue weighted by molar-refractivity contribution is 5.93. The first-order valence-electron chi connectivity index (χ1n) is 13.8. The van der Waals surface area contributed by atoms with Crippen molar-refractivity contribution in [2.24, 2.45) is 11.8 Å². The van der Waals surface area contributed by atoms with Gasteiger partial charge >= 0.3 is 12.1 Å². The number of hydrogen-bond donors (Lipinski definition) is 3. The van der Waals surface area contributed by atoms with Crippen molar-refractivity contribution in [1.29, 1.82) is 0 Å². The van der Waals surface area contributed by atoms with Crippen LogP contribution >= 0.6 is 0 Å². The minimum absolute atomic E-state index is 0.0460. The molecule has 2 amide bonds. The van der Waals surface area contributed by atoms with Crippen LogP contribution in [0.2, 0.25) is 0 Å². The average Bonchev–Trinajstić information content (AvgIpc) is 2.96. The maximum atomic E-state index is 13.7. The minimum atomic E-state index is -1.12. The number of nitrogens with one attached hydrogen (secondary N) is 2. The average molecular weight is 559 g/mol. The van der Waals surface area contributed by atoms with Crippen LogP contribution in [0.15, 0.2) is 91.0 Å². The third-order valence-corrected chi connectivity index (χ3v) is 6.64. The molecule has 3 rings (SSSR count). The molecule has 3 atom stereocenters. The van der Waals surface area contributed by atoms with E-state index >= 15 is 0 Å². The Bertz CT molecular complexity index is 1260. The van der Waals surface area contributed by atoms with Gasteiger partial charge in [0.05, 0.1) is 6.04 Å². The number of alkyl carbamates (subject to hydrolysis) is 1. The first kappa shape index (κ1) is 31.1. The molecule has 0 aliphatic carbocycles. The molecule has 3 N–H and O–H groups in total. The van der Waals surface area contributed by atoms with E-state index in [1.54, 1.807) is 0 Å². The maximum absolute atomic E-state index is 13.7. The number of rotatable bonds is 15. The summed E-state index contributed by atoms with van der Waals surface area (Å²) in [7, 11) is 0. The first-order chi connectivity index (χ1) is 19.7. The lowest BCUT2D eigenvalue weighted by atomic mass is 9.89. The van der Waals surface area contributed by atoms with Gasteiger partial charge in [0.15, 0.2) is 5.78 Å². The van der Waals surface area contributed by atoms with Crippen molar-refractivity contribution < 1.29 is 29.0 Å². The molecule has 0 bridgehead atoms. The van der Waals surface area contributed by atoms with Gasteiger partial charge in [-0.1, -0.05) is 105 Å². The molecule has 3 aromatic carbocycles. The van der Waals surface area contributed by atoms with Crippen molar-refractivity contribution in [3.05, 3.63) is 108 Å². The molecule has 8 heteroatoms. The van der Waals surface area contributed by atoms with E-state index in [1.165, 1.54) is 0 Å². The van der Waals surface area contributed by atoms with Crippen LogP contribution in [0.3, 0.4) is 0 Å². The van der Waals surface area contributed by atoms with E-state index in [2.05, 4.69) is 10.6 Å². The summed E-state index contributed by atoms with van der Waals surface area (Å²) in [6.07, 6.45) is -0.215. The summed E-state index contributed by atoms with van der Waals surface area (Å²) in [4.78, 5) is 51.6. The van der Waals surface area contributed by atoms with Gasteiger partial charge in [-0.2, -0.15) is 0 Å². The zero-order chi connectivity index (χ0) is 29.6. The van der Waals surface area contributed by atoms with Crippen LogP contribution in [-0.4, -0.2) is 40.9 Å². The number of benzene rings is 3. The van der Waals surface area contributed by atoms with E-state index < -0.39 is 36.0 Å². The Balaban J connectivity index is 1.78. The van der Waals surface area contributed by atoms with Crippen molar-refractivity contribution in [3.63, 3.8) is 0 Å². The summed E-state index contributed by atoms with van der Waals surface area (Å²) >= 11 is 0. The highest BCUT2D eigenvalue weighted by Gasteiger charge is 2.31. The van der Waals surface area contributed by atoms with Crippen LogP contribution in [0.5, 0.6) is 0 Å². The second kappa shape index (κ2) is 16.0. The highest BCUT2D eigenvalue weighted by Crippen LogP contribution is 2.18. The first-order valence-corrected chi connectivity index (χ1v) is 13.8. The number of aliphatic carboxylic acids is 1. The molecule has 0 heterocycles. The highest BCUT2D eigenvalue weighted by atomic mass is 16.5. The molecule has 0 saturated heterocycles. The minimum Gasteiger partial charge on any atom is -0.480 e. The van der Waals surface area contributed by atoms with Gasteiger partial charge in [-0.3, -0.25) is 9.59 Å². The molecule has 3 aromatic rings. The molecule has 8 nitrogen and oxygen atoms in total. The van der Waals surface area contributed by atoms with Gasteiger partial charge in [-0.05, 0) is 41.9 Å². The number of carboxylic acids is 1. The van der Waals surface area contributed by atoms with Gasteiger partial charge in [0, 0.05) is 12.3 Å². The molecule has 0 radical (unpaired) electrons. The Morgan fingerprint density at radius 2 is 1.22 bits per heavy atom. The Morgan fingerprint density at radius 3 is 1.73 bits per heavy atom. The van der Waals surface area contributed by atoms with E-state index in [0.29, 0.717) is 0 Å². The smallest absolute Gasteiger partial charge is 0.408 e. The molecule has 0 aliphatic rings. The van der Waals surface area contributed by atoms with Crippen LogP contribution in [-0.2, 0) is 38.6 Å². The van der Waals surface area contributed by atoms with Gasteiger partial charge in [-0.15, -0.1) is 0 Å². The fraction of sp³-hybridized carbons (Fsp3) is 0.333. The number of amides is 2. The summed E-state index contributed by atoms with van der Waals surface area (Å²) in [5.74, 6) is -2.77. The molecule has 0 aliphatic heterocycles. The Morgan fingerprint density at radius 1 is 0.707 bits per heavy atom. The number of hydrogen-bond acceptors (Lipinski definition) is 5. The molecule has 41 heavy (non-hydrogen) atoms. The van der Waals surface area contributed by atoms with E-state index in [4.69, 9.17) is 4.74 Å². The number of carbonyl (C=O) groups excluding carboxylic acids is 3. The maximum Gasteiger partial charge on any atom is 0.408 e. The topological polar surface area (TPSA) is 122 Å². The third kappa shape index (κ3) is 10.9. The van der Waals surface area contributed by atoms with Crippen molar-refractivity contribution in [1.82, 2.24) is 10.6 Å². The standard InChI is InChI=1S/C33H38N2O6/c1-23(2)18-29(32(38)39)34-31(37)27(19-24-12-6-3-7-13-24)21-30(36)28(20-25-14-8-4-9-15-25)35-33(40)41-22-26-16-10-5-11-17-26/h3-17,23,27-29H,18-22H2,1-2H3,(H,34,37)(H,35,40)(H,38,39)/t27-,28+,29+/m1/s1. The Labute approximate surface area is 241 Å². The third-order valence-electron chi connectivity index (χ3n) is 6.64. The second-order valence-electron chi connectivity index (χ2n) is 10.5. The zero-order valence-corrected chi connectivity index (χ0v) is 23.5. The van der Waals surface area contributed by atoms with Gasteiger partial charge in [0.1, 0.15) is 12.6 Å². The predicted octanol–water partition coefficient (Wildman–Crippen LogP) is 4.96. The van der Waals surface area contributed by atoms with E-state index in [1.807, 2.05) is 105 Å². The second-order valence-corrected chi connectivity index (χ2v) is 10.5. The molecular formula is C33H38N2O6. The predicted molar refractivity (Wildman–Crippen MR) is 156 cm³/mol. The largest absolute Gasteiger partial charge is 0.480 e. The molecule has 0 spiro atoms.